The number of nitrogens with zero attached hydrogens (tertiary/aromatic N) is 4. The first-order valence-corrected chi connectivity index (χ1v) is 14.6. The minimum Gasteiger partial charge on any atom is -0.333 e. The second-order valence-electron chi connectivity index (χ2n) is 10.2. The molecule has 5 heteroatoms. The van der Waals surface area contributed by atoms with Gasteiger partial charge in [0.05, 0.1) is 5.69 Å². The maximum atomic E-state index is 13.7. The third kappa shape index (κ3) is 9.68. The smallest absolute Gasteiger partial charge is 0.254 e. The molecule has 0 N–H and O–H groups in total. The third-order valence-corrected chi connectivity index (χ3v) is 7.07. The highest BCUT2D eigenvalue weighted by atomic mass is 16.2. The number of pyridine rings is 2. The molecule has 3 rings (SSSR count). The minimum absolute atomic E-state index is 0.0919. The summed E-state index contributed by atoms with van der Waals surface area (Å²) in [7, 11) is 0. The summed E-state index contributed by atoms with van der Waals surface area (Å²) in [6.07, 6.45) is 15.0. The van der Waals surface area contributed by atoms with Crippen LogP contribution in [0.3, 0.4) is 0 Å². The van der Waals surface area contributed by atoms with E-state index in [2.05, 4.69) is 53.8 Å². The first-order chi connectivity index (χ1) is 18.6. The quantitative estimate of drug-likeness (QED) is 0.176. The molecule has 0 saturated carbocycles. The van der Waals surface area contributed by atoms with Gasteiger partial charge in [-0.2, -0.15) is 0 Å². The van der Waals surface area contributed by atoms with Crippen LogP contribution in [-0.4, -0.2) is 51.9 Å². The summed E-state index contributed by atoms with van der Waals surface area (Å²) in [5.74, 6) is 0.0919. The van der Waals surface area contributed by atoms with Crippen molar-refractivity contribution in [3.05, 3.63) is 83.8 Å². The standard InChI is InChI=1S/C33H46N4O/c1-4-7-10-11-28-12-15-31(16-13-28)33(38)37(25-24-36(22-8-5-2)23-9-6-3)27-29-14-17-32(35-26-29)30-18-20-34-21-19-30/h12-21,26H,4-11,22-25,27H2,1-3H3. The highest BCUT2D eigenvalue weighted by Crippen LogP contribution is 2.18. The highest BCUT2D eigenvalue weighted by Gasteiger charge is 2.18. The van der Waals surface area contributed by atoms with Gasteiger partial charge in [0.15, 0.2) is 0 Å². The number of aryl methyl sites for hydroxylation is 1. The van der Waals surface area contributed by atoms with Gasteiger partial charge in [0, 0.05) is 49.4 Å². The number of hydrogen-bond donors (Lipinski definition) is 0. The molecule has 5 nitrogen and oxygen atoms in total. The Hall–Kier alpha value is -3.05. The lowest BCUT2D eigenvalue weighted by atomic mass is 10.0. The number of aromatic nitrogens is 2. The molecule has 0 atom stereocenters. The van der Waals surface area contributed by atoms with Crippen LogP contribution in [0.4, 0.5) is 0 Å². The van der Waals surface area contributed by atoms with Crippen LogP contribution in [0.1, 0.15) is 87.2 Å². The zero-order valence-electron chi connectivity index (χ0n) is 23.7. The first kappa shape index (κ1) is 29.5. The Morgan fingerprint density at radius 1 is 0.711 bits per heavy atom. The van der Waals surface area contributed by atoms with Gasteiger partial charge < -0.3 is 9.80 Å². The van der Waals surface area contributed by atoms with Crippen LogP contribution >= 0.6 is 0 Å². The minimum atomic E-state index is 0.0919. The predicted molar refractivity (Wildman–Crippen MR) is 158 cm³/mol. The summed E-state index contributed by atoms with van der Waals surface area (Å²) < 4.78 is 0. The van der Waals surface area contributed by atoms with Gasteiger partial charge in [-0.1, -0.05) is 64.7 Å². The summed E-state index contributed by atoms with van der Waals surface area (Å²) in [5, 5.41) is 0. The van der Waals surface area contributed by atoms with Crippen LogP contribution < -0.4 is 0 Å². The number of hydrogen-bond acceptors (Lipinski definition) is 4. The van der Waals surface area contributed by atoms with Gasteiger partial charge in [0.1, 0.15) is 0 Å². The Labute approximate surface area is 230 Å². The van der Waals surface area contributed by atoms with Crippen molar-refractivity contribution in [2.75, 3.05) is 26.2 Å². The number of carbonyl (C=O) groups excluding carboxylic acids is 1. The first-order valence-electron chi connectivity index (χ1n) is 14.6. The Kier molecular flexibility index (Phi) is 13.0. The Balaban J connectivity index is 1.74. The molecule has 1 amide bonds. The topological polar surface area (TPSA) is 49.3 Å². The molecule has 0 aliphatic heterocycles. The number of rotatable bonds is 17. The SMILES string of the molecule is CCCCCc1ccc(C(=O)N(CCN(CCCC)CCCC)Cc2ccc(-c3ccncc3)nc2)cc1. The average molecular weight is 515 g/mol. The zero-order valence-corrected chi connectivity index (χ0v) is 23.7. The lowest BCUT2D eigenvalue weighted by Crippen LogP contribution is -2.39. The molecule has 2 aromatic heterocycles. The monoisotopic (exact) mass is 514 g/mol. The third-order valence-electron chi connectivity index (χ3n) is 7.07. The largest absolute Gasteiger partial charge is 0.333 e. The summed E-state index contributed by atoms with van der Waals surface area (Å²) in [6, 6.07) is 16.3. The molecule has 0 bridgehead atoms. The van der Waals surface area contributed by atoms with Gasteiger partial charge in [0.2, 0.25) is 0 Å². The Morgan fingerprint density at radius 3 is 1.97 bits per heavy atom. The number of carbonyl (C=O) groups is 1. The van der Waals surface area contributed by atoms with Crippen molar-refractivity contribution in [2.24, 2.45) is 0 Å². The van der Waals surface area contributed by atoms with E-state index in [-0.39, 0.29) is 5.91 Å². The molecule has 0 spiro atoms. The van der Waals surface area contributed by atoms with Crippen LogP contribution in [0.25, 0.3) is 11.3 Å². The molecular weight excluding hydrogens is 468 g/mol. The Morgan fingerprint density at radius 2 is 1.37 bits per heavy atom. The second-order valence-corrected chi connectivity index (χ2v) is 10.2. The molecule has 0 unspecified atom stereocenters. The predicted octanol–water partition coefficient (Wildman–Crippen LogP) is 7.42. The lowest BCUT2D eigenvalue weighted by Gasteiger charge is -2.28. The lowest BCUT2D eigenvalue weighted by molar-refractivity contribution is 0.0720. The maximum absolute atomic E-state index is 13.7. The number of benzene rings is 1. The van der Waals surface area contributed by atoms with E-state index < -0.39 is 0 Å². The van der Waals surface area contributed by atoms with Gasteiger partial charge in [0.25, 0.3) is 5.91 Å². The van der Waals surface area contributed by atoms with E-state index in [4.69, 9.17) is 0 Å². The summed E-state index contributed by atoms with van der Waals surface area (Å²) >= 11 is 0. The van der Waals surface area contributed by atoms with Gasteiger partial charge >= 0.3 is 0 Å². The van der Waals surface area contributed by atoms with Crippen molar-refractivity contribution in [1.29, 1.82) is 0 Å². The van der Waals surface area contributed by atoms with Crippen LogP contribution in [-0.2, 0) is 13.0 Å². The van der Waals surface area contributed by atoms with E-state index in [1.54, 1.807) is 12.4 Å². The summed E-state index contributed by atoms with van der Waals surface area (Å²) in [4.78, 5) is 27.0. The van der Waals surface area contributed by atoms with E-state index in [1.807, 2.05) is 41.4 Å². The fourth-order valence-electron chi connectivity index (χ4n) is 4.62. The van der Waals surface area contributed by atoms with Gasteiger partial charge in [-0.15, -0.1) is 0 Å². The molecule has 0 saturated heterocycles. The van der Waals surface area contributed by atoms with E-state index in [0.717, 1.165) is 48.4 Å². The van der Waals surface area contributed by atoms with Crippen LogP contribution in [0, 0.1) is 0 Å². The Bertz CT molecular complexity index is 1040. The molecule has 0 fully saturated rings. The molecule has 1 aromatic carbocycles. The average Bonchev–Trinajstić information content (AvgIpc) is 2.97. The fourth-order valence-corrected chi connectivity index (χ4v) is 4.62. The number of amides is 1. The van der Waals surface area contributed by atoms with Crippen LogP contribution in [0.15, 0.2) is 67.1 Å². The normalized spacial score (nSPS) is 11.2. The van der Waals surface area contributed by atoms with E-state index in [9.17, 15) is 4.79 Å². The van der Waals surface area contributed by atoms with Crippen molar-refractivity contribution < 1.29 is 4.79 Å². The molecule has 0 aliphatic carbocycles. The summed E-state index contributed by atoms with van der Waals surface area (Å²) in [5.41, 5.74) is 5.07. The molecule has 2 heterocycles. The zero-order chi connectivity index (χ0) is 27.0. The van der Waals surface area contributed by atoms with E-state index in [1.165, 1.54) is 50.5 Å². The molecular formula is C33H46N4O. The van der Waals surface area contributed by atoms with Gasteiger partial charge in [-0.05, 0) is 80.2 Å². The van der Waals surface area contributed by atoms with Crippen LogP contribution in [0.5, 0.6) is 0 Å². The van der Waals surface area contributed by atoms with E-state index >= 15 is 0 Å². The molecule has 3 aromatic rings. The van der Waals surface area contributed by atoms with Crippen LogP contribution in [0.2, 0.25) is 0 Å². The van der Waals surface area contributed by atoms with Crippen molar-refractivity contribution >= 4 is 5.91 Å². The molecule has 0 radical (unpaired) electrons. The molecule has 204 valence electrons. The number of unbranched alkanes of at least 4 members (excludes halogenated alkanes) is 4. The van der Waals surface area contributed by atoms with Crippen molar-refractivity contribution in [2.45, 2.75) is 78.7 Å². The highest BCUT2D eigenvalue weighted by molar-refractivity contribution is 5.94. The van der Waals surface area contributed by atoms with Crippen molar-refractivity contribution in [3.63, 3.8) is 0 Å². The molecule has 0 aliphatic rings. The second kappa shape index (κ2) is 16.7. The van der Waals surface area contributed by atoms with Crippen molar-refractivity contribution in [1.82, 2.24) is 19.8 Å². The van der Waals surface area contributed by atoms with Crippen molar-refractivity contribution in [3.8, 4) is 11.3 Å². The fraction of sp³-hybridized carbons (Fsp3) is 0.485. The van der Waals surface area contributed by atoms with Gasteiger partial charge in [-0.25, -0.2) is 0 Å². The van der Waals surface area contributed by atoms with E-state index in [0.29, 0.717) is 13.1 Å². The van der Waals surface area contributed by atoms with Gasteiger partial charge in [-0.3, -0.25) is 14.8 Å². The maximum Gasteiger partial charge on any atom is 0.254 e. The summed E-state index contributed by atoms with van der Waals surface area (Å²) in [6.45, 7) is 11.0. The molecule has 38 heavy (non-hydrogen) atoms.